The molecule has 12 aromatic rings. The molecule has 3 heteroatoms. The van der Waals surface area contributed by atoms with Crippen molar-refractivity contribution in [1.82, 2.24) is 9.13 Å². The Kier molecular flexibility index (Phi) is 6.34. The number of furan rings is 1. The molecule has 0 aliphatic rings. The first kappa shape index (κ1) is 30.1. The minimum Gasteiger partial charge on any atom is -0.456 e. The Morgan fingerprint density at radius 2 is 0.945 bits per heavy atom. The fraction of sp³-hybridized carbons (Fsp3) is 0. The molecule has 0 amide bonds. The van der Waals surface area contributed by atoms with Crippen molar-refractivity contribution in [2.24, 2.45) is 0 Å². The molecule has 3 heterocycles. The van der Waals surface area contributed by atoms with Crippen molar-refractivity contribution in [3.05, 3.63) is 194 Å². The van der Waals surface area contributed by atoms with Crippen molar-refractivity contribution in [2.45, 2.75) is 0 Å². The summed E-state index contributed by atoms with van der Waals surface area (Å²) in [7, 11) is 0. The van der Waals surface area contributed by atoms with Gasteiger partial charge in [-0.25, -0.2) is 0 Å². The van der Waals surface area contributed by atoms with Crippen molar-refractivity contribution in [3.8, 4) is 33.6 Å². The minimum absolute atomic E-state index is 0.886. The number of hydrogen-bond acceptors (Lipinski definition) is 1. The average Bonchev–Trinajstić information content (AvgIpc) is 3.90. The number of rotatable bonds is 4. The highest BCUT2D eigenvalue weighted by atomic mass is 16.3. The van der Waals surface area contributed by atoms with Crippen LogP contribution in [0.25, 0.3) is 110 Å². The summed E-state index contributed by atoms with van der Waals surface area (Å²) in [5.41, 5.74) is 13.6. The van der Waals surface area contributed by atoms with Crippen LogP contribution in [0.4, 0.5) is 0 Å². The van der Waals surface area contributed by atoms with Crippen LogP contribution in [-0.4, -0.2) is 9.13 Å². The first-order valence-corrected chi connectivity index (χ1v) is 18.9. The molecule has 3 aromatic heterocycles. The Hall–Kier alpha value is -7.36. The van der Waals surface area contributed by atoms with E-state index in [1.807, 2.05) is 6.07 Å². The Bertz CT molecular complexity index is 3470. The van der Waals surface area contributed by atoms with Crippen LogP contribution in [0.2, 0.25) is 0 Å². The van der Waals surface area contributed by atoms with E-state index >= 15 is 0 Å². The molecule has 0 aliphatic heterocycles. The molecule has 9 aromatic carbocycles. The van der Waals surface area contributed by atoms with Crippen molar-refractivity contribution in [2.75, 3.05) is 0 Å². The quantitative estimate of drug-likeness (QED) is 0.179. The van der Waals surface area contributed by atoms with Crippen LogP contribution in [0.3, 0.4) is 0 Å². The standard InChI is InChI=1S/C52H32N2O/c1-3-14-33(15-4-1)50-38-19-8-7-16-36(38)32-47-52(50)42-31-35(27-29-45(42)54(47)46-23-13-25-49-51(46)40-21-10-12-24-48(40)55-49)34-26-28-44-41(30-34)39-20-9-11-22-43(39)53(44)37-17-5-2-6-18-37/h1-32H. The second-order valence-electron chi connectivity index (χ2n) is 14.5. The Morgan fingerprint density at radius 3 is 1.76 bits per heavy atom. The molecule has 0 aliphatic carbocycles. The van der Waals surface area contributed by atoms with Gasteiger partial charge in [-0.2, -0.15) is 0 Å². The largest absolute Gasteiger partial charge is 0.456 e. The third-order valence-corrected chi connectivity index (χ3v) is 11.5. The van der Waals surface area contributed by atoms with E-state index in [-0.39, 0.29) is 0 Å². The number of fused-ring (bicyclic) bond motifs is 10. The maximum atomic E-state index is 6.44. The van der Waals surface area contributed by atoms with E-state index in [1.165, 1.54) is 71.1 Å². The molecule has 0 bridgehead atoms. The number of aromatic nitrogens is 2. The van der Waals surface area contributed by atoms with Gasteiger partial charge in [0.25, 0.3) is 0 Å². The number of para-hydroxylation sites is 3. The van der Waals surface area contributed by atoms with E-state index in [0.29, 0.717) is 0 Å². The van der Waals surface area contributed by atoms with Gasteiger partial charge in [-0.05, 0) is 99.8 Å². The zero-order chi connectivity index (χ0) is 36.0. The van der Waals surface area contributed by atoms with E-state index in [9.17, 15) is 0 Å². The second kappa shape index (κ2) is 11.6. The smallest absolute Gasteiger partial charge is 0.137 e. The van der Waals surface area contributed by atoms with Crippen molar-refractivity contribution >= 4 is 76.3 Å². The third-order valence-electron chi connectivity index (χ3n) is 11.5. The Balaban J connectivity index is 1.19. The van der Waals surface area contributed by atoms with Crippen LogP contribution < -0.4 is 0 Å². The predicted octanol–water partition coefficient (Wildman–Crippen LogP) is 14.3. The molecular weight excluding hydrogens is 669 g/mol. The molecule has 12 rings (SSSR count). The Morgan fingerprint density at radius 1 is 0.327 bits per heavy atom. The molecule has 0 N–H and O–H groups in total. The summed E-state index contributed by atoms with van der Waals surface area (Å²) in [5, 5.41) is 9.65. The van der Waals surface area contributed by atoms with Gasteiger partial charge < -0.3 is 13.6 Å². The van der Waals surface area contributed by atoms with E-state index in [4.69, 9.17) is 4.42 Å². The molecule has 0 fully saturated rings. The maximum Gasteiger partial charge on any atom is 0.137 e. The third kappa shape index (κ3) is 4.38. The van der Waals surface area contributed by atoms with Gasteiger partial charge >= 0.3 is 0 Å². The average molecular weight is 701 g/mol. The molecule has 256 valence electrons. The van der Waals surface area contributed by atoms with E-state index in [1.54, 1.807) is 0 Å². The highest BCUT2D eigenvalue weighted by molar-refractivity contribution is 6.24. The van der Waals surface area contributed by atoms with Crippen LogP contribution in [0.15, 0.2) is 199 Å². The van der Waals surface area contributed by atoms with Gasteiger partial charge in [-0.1, -0.05) is 127 Å². The van der Waals surface area contributed by atoms with Crippen LogP contribution in [0.1, 0.15) is 0 Å². The topological polar surface area (TPSA) is 23.0 Å². The Labute approximate surface area is 316 Å². The second-order valence-corrected chi connectivity index (χ2v) is 14.5. The summed E-state index contributed by atoms with van der Waals surface area (Å²) in [4.78, 5) is 0. The van der Waals surface area contributed by atoms with Gasteiger partial charge in [0, 0.05) is 32.6 Å². The van der Waals surface area contributed by atoms with Crippen molar-refractivity contribution in [1.29, 1.82) is 0 Å². The molecule has 0 spiro atoms. The fourth-order valence-electron chi connectivity index (χ4n) is 9.14. The predicted molar refractivity (Wildman–Crippen MR) is 231 cm³/mol. The number of hydrogen-bond donors (Lipinski definition) is 0. The summed E-state index contributed by atoms with van der Waals surface area (Å²) >= 11 is 0. The lowest BCUT2D eigenvalue weighted by Gasteiger charge is -2.13. The lowest BCUT2D eigenvalue weighted by Crippen LogP contribution is -1.95. The zero-order valence-electron chi connectivity index (χ0n) is 29.8. The SMILES string of the molecule is c1ccc(-c2c3ccccc3cc3c2c2cc(-c4ccc5c(c4)c4ccccc4n5-c4ccccc4)ccc2n3-c2cccc3oc4ccccc4c23)cc1. The van der Waals surface area contributed by atoms with Crippen molar-refractivity contribution in [3.63, 3.8) is 0 Å². The van der Waals surface area contributed by atoms with Gasteiger partial charge in [0.1, 0.15) is 11.2 Å². The van der Waals surface area contributed by atoms with Gasteiger partial charge in [0.2, 0.25) is 0 Å². The lowest BCUT2D eigenvalue weighted by atomic mass is 9.92. The molecule has 55 heavy (non-hydrogen) atoms. The summed E-state index contributed by atoms with van der Waals surface area (Å²) in [6.07, 6.45) is 0. The van der Waals surface area contributed by atoms with Gasteiger partial charge in [-0.15, -0.1) is 0 Å². The van der Waals surface area contributed by atoms with E-state index < -0.39 is 0 Å². The number of benzene rings is 9. The molecule has 0 radical (unpaired) electrons. The van der Waals surface area contributed by atoms with Crippen LogP contribution in [-0.2, 0) is 0 Å². The number of nitrogens with zero attached hydrogens (tertiary/aromatic N) is 2. The van der Waals surface area contributed by atoms with Crippen LogP contribution in [0, 0.1) is 0 Å². The van der Waals surface area contributed by atoms with Gasteiger partial charge in [0.05, 0.1) is 33.1 Å². The molecule has 0 unspecified atom stereocenters. The van der Waals surface area contributed by atoms with Crippen LogP contribution in [0.5, 0.6) is 0 Å². The molecule has 3 nitrogen and oxygen atoms in total. The first-order valence-electron chi connectivity index (χ1n) is 18.9. The first-order chi connectivity index (χ1) is 27.3. The van der Waals surface area contributed by atoms with E-state index in [2.05, 4.69) is 197 Å². The molecule has 0 saturated heterocycles. The zero-order valence-corrected chi connectivity index (χ0v) is 29.8. The van der Waals surface area contributed by atoms with Gasteiger partial charge in [0.15, 0.2) is 0 Å². The maximum absolute atomic E-state index is 6.44. The summed E-state index contributed by atoms with van der Waals surface area (Å²) < 4.78 is 11.3. The summed E-state index contributed by atoms with van der Waals surface area (Å²) in [6.45, 7) is 0. The summed E-state index contributed by atoms with van der Waals surface area (Å²) in [5.74, 6) is 0. The highest BCUT2D eigenvalue weighted by Gasteiger charge is 2.22. The van der Waals surface area contributed by atoms with E-state index in [0.717, 1.165) is 38.8 Å². The van der Waals surface area contributed by atoms with Gasteiger partial charge in [-0.3, -0.25) is 0 Å². The fourth-order valence-corrected chi connectivity index (χ4v) is 9.14. The lowest BCUT2D eigenvalue weighted by molar-refractivity contribution is 0.669. The molecule has 0 saturated carbocycles. The molecule has 0 atom stereocenters. The normalized spacial score (nSPS) is 12.0. The monoisotopic (exact) mass is 700 g/mol. The van der Waals surface area contributed by atoms with Crippen molar-refractivity contribution < 1.29 is 4.42 Å². The highest BCUT2D eigenvalue weighted by Crippen LogP contribution is 2.46. The van der Waals surface area contributed by atoms with Crippen LogP contribution >= 0.6 is 0 Å². The minimum atomic E-state index is 0.886. The summed E-state index contributed by atoms with van der Waals surface area (Å²) in [6, 6.07) is 70.3. The molecular formula is C52H32N2O.